The van der Waals surface area contributed by atoms with Crippen molar-refractivity contribution in [2.24, 2.45) is 0 Å². The van der Waals surface area contributed by atoms with Gasteiger partial charge in [0.2, 0.25) is 0 Å². The summed E-state index contributed by atoms with van der Waals surface area (Å²) in [5.74, 6) is 0. The molecule has 1 aromatic heterocycles. The van der Waals surface area contributed by atoms with Gasteiger partial charge in [0.15, 0.2) is 11.3 Å². The lowest BCUT2D eigenvalue weighted by atomic mass is 10.2. The zero-order chi connectivity index (χ0) is 15.8. The molecule has 1 N–H and O–H groups in total. The largest absolute Gasteiger partial charge is 0.323 e. The first-order valence-electron chi connectivity index (χ1n) is 6.86. The van der Waals surface area contributed by atoms with Crippen molar-refractivity contribution in [2.45, 2.75) is 27.7 Å². The molecule has 0 spiro atoms. The highest BCUT2D eigenvalue weighted by molar-refractivity contribution is 7.16. The van der Waals surface area contributed by atoms with Gasteiger partial charge in [0, 0.05) is 6.20 Å². The first-order chi connectivity index (χ1) is 9.81. The van der Waals surface area contributed by atoms with Crippen LogP contribution in [0.4, 0.5) is 0 Å². The molecular formula is C16H26N2OS. The first-order valence-corrected chi connectivity index (χ1v) is 7.68. The van der Waals surface area contributed by atoms with Gasteiger partial charge in [-0.05, 0) is 19.7 Å². The maximum Gasteiger partial charge on any atom is 0.178 e. The van der Waals surface area contributed by atoms with Crippen molar-refractivity contribution in [3.63, 3.8) is 0 Å². The van der Waals surface area contributed by atoms with Crippen molar-refractivity contribution >= 4 is 17.6 Å². The molecule has 0 amide bonds. The Morgan fingerprint density at radius 2 is 1.55 bits per heavy atom. The first kappa shape index (κ1) is 20.8. The maximum atomic E-state index is 10.4. The Labute approximate surface area is 127 Å². The number of hydrogen-bond donors (Lipinski definition) is 1. The SMILES string of the molecule is CC.CC.CNC.O=Cc1ncc(-c2ccccc2)s1. The molecule has 2 rings (SSSR count). The van der Waals surface area contributed by atoms with Crippen molar-refractivity contribution < 1.29 is 4.79 Å². The molecule has 2 aromatic rings. The van der Waals surface area contributed by atoms with Gasteiger partial charge in [0.1, 0.15) is 0 Å². The van der Waals surface area contributed by atoms with Gasteiger partial charge >= 0.3 is 0 Å². The number of nitrogens with zero attached hydrogens (tertiary/aromatic N) is 1. The van der Waals surface area contributed by atoms with E-state index in [1.54, 1.807) is 6.20 Å². The molecule has 0 aliphatic heterocycles. The maximum absolute atomic E-state index is 10.4. The summed E-state index contributed by atoms with van der Waals surface area (Å²) in [5.41, 5.74) is 1.10. The van der Waals surface area contributed by atoms with E-state index in [1.807, 2.05) is 72.1 Å². The lowest BCUT2D eigenvalue weighted by Gasteiger charge is -1.92. The van der Waals surface area contributed by atoms with Crippen LogP contribution in [0.5, 0.6) is 0 Å². The van der Waals surface area contributed by atoms with E-state index in [0.29, 0.717) is 5.01 Å². The number of carbonyl (C=O) groups is 1. The number of nitrogens with one attached hydrogen (secondary N) is 1. The summed E-state index contributed by atoms with van der Waals surface area (Å²) in [4.78, 5) is 15.4. The third kappa shape index (κ3) is 8.56. The number of aromatic nitrogens is 1. The van der Waals surface area contributed by atoms with Gasteiger partial charge in [-0.1, -0.05) is 58.0 Å². The van der Waals surface area contributed by atoms with E-state index in [1.165, 1.54) is 11.3 Å². The number of thiazole rings is 1. The Morgan fingerprint density at radius 3 is 1.95 bits per heavy atom. The van der Waals surface area contributed by atoms with Crippen molar-refractivity contribution in [1.29, 1.82) is 0 Å². The minimum Gasteiger partial charge on any atom is -0.323 e. The summed E-state index contributed by atoms with van der Waals surface area (Å²) in [6, 6.07) is 9.90. The average Bonchev–Trinajstić information content (AvgIpc) is 3.02. The van der Waals surface area contributed by atoms with Gasteiger partial charge in [-0.3, -0.25) is 4.79 Å². The second-order valence-corrected chi connectivity index (χ2v) is 4.11. The molecule has 0 aliphatic rings. The zero-order valence-corrected chi connectivity index (χ0v) is 14.1. The molecule has 0 bridgehead atoms. The van der Waals surface area contributed by atoms with E-state index in [4.69, 9.17) is 0 Å². The predicted molar refractivity (Wildman–Crippen MR) is 90.6 cm³/mol. The van der Waals surface area contributed by atoms with Crippen molar-refractivity contribution in [1.82, 2.24) is 10.3 Å². The Morgan fingerprint density at radius 1 is 1.05 bits per heavy atom. The summed E-state index contributed by atoms with van der Waals surface area (Å²) >= 11 is 1.41. The van der Waals surface area contributed by atoms with Crippen molar-refractivity contribution in [3.05, 3.63) is 41.5 Å². The summed E-state index contributed by atoms with van der Waals surface area (Å²) in [7, 11) is 3.75. The van der Waals surface area contributed by atoms with E-state index < -0.39 is 0 Å². The van der Waals surface area contributed by atoms with Crippen LogP contribution in [0.25, 0.3) is 10.4 Å². The molecule has 0 saturated heterocycles. The monoisotopic (exact) mass is 294 g/mol. The Bertz CT molecular complexity index is 427. The number of rotatable bonds is 2. The van der Waals surface area contributed by atoms with Crippen LogP contribution in [-0.2, 0) is 0 Å². The molecule has 0 aliphatic carbocycles. The van der Waals surface area contributed by atoms with Crippen LogP contribution < -0.4 is 5.32 Å². The van der Waals surface area contributed by atoms with Crippen molar-refractivity contribution in [3.8, 4) is 10.4 Å². The molecule has 20 heavy (non-hydrogen) atoms. The summed E-state index contributed by atoms with van der Waals surface area (Å²) in [6.07, 6.45) is 2.50. The van der Waals surface area contributed by atoms with Crippen LogP contribution in [0.15, 0.2) is 36.5 Å². The van der Waals surface area contributed by atoms with Gasteiger partial charge in [0.25, 0.3) is 0 Å². The molecule has 0 radical (unpaired) electrons. The van der Waals surface area contributed by atoms with E-state index in [0.717, 1.165) is 16.7 Å². The van der Waals surface area contributed by atoms with Crippen LogP contribution in [0.1, 0.15) is 37.5 Å². The zero-order valence-electron chi connectivity index (χ0n) is 13.3. The minimum atomic E-state index is 0.527. The van der Waals surface area contributed by atoms with Gasteiger partial charge in [-0.15, -0.1) is 11.3 Å². The van der Waals surface area contributed by atoms with E-state index in [9.17, 15) is 4.79 Å². The number of benzene rings is 1. The normalized spacial score (nSPS) is 7.90. The van der Waals surface area contributed by atoms with Gasteiger partial charge in [-0.25, -0.2) is 4.98 Å². The molecule has 0 saturated carbocycles. The molecular weight excluding hydrogens is 268 g/mol. The van der Waals surface area contributed by atoms with Gasteiger partial charge in [-0.2, -0.15) is 0 Å². The fourth-order valence-corrected chi connectivity index (χ4v) is 1.82. The Kier molecular flexibility index (Phi) is 16.2. The molecule has 4 heteroatoms. The molecule has 3 nitrogen and oxygen atoms in total. The number of hydrogen-bond acceptors (Lipinski definition) is 4. The molecule has 112 valence electrons. The van der Waals surface area contributed by atoms with Crippen LogP contribution in [0, 0.1) is 0 Å². The molecule has 0 fully saturated rings. The second-order valence-electron chi connectivity index (χ2n) is 3.05. The predicted octanol–water partition coefficient (Wildman–Crippen LogP) is 4.51. The highest BCUT2D eigenvalue weighted by Gasteiger charge is 2.01. The average molecular weight is 294 g/mol. The molecule has 0 atom stereocenters. The van der Waals surface area contributed by atoms with E-state index in [2.05, 4.69) is 10.3 Å². The quantitative estimate of drug-likeness (QED) is 0.829. The lowest BCUT2D eigenvalue weighted by molar-refractivity contribution is 0.112. The van der Waals surface area contributed by atoms with E-state index in [-0.39, 0.29) is 0 Å². The summed E-state index contributed by atoms with van der Waals surface area (Å²) in [5, 5.41) is 3.28. The topological polar surface area (TPSA) is 42.0 Å². The van der Waals surface area contributed by atoms with Gasteiger partial charge in [0.05, 0.1) is 4.88 Å². The Hall–Kier alpha value is -1.52. The van der Waals surface area contributed by atoms with E-state index >= 15 is 0 Å². The van der Waals surface area contributed by atoms with Crippen LogP contribution in [0.3, 0.4) is 0 Å². The minimum absolute atomic E-state index is 0.527. The highest BCUT2D eigenvalue weighted by atomic mass is 32.1. The highest BCUT2D eigenvalue weighted by Crippen LogP contribution is 2.24. The van der Waals surface area contributed by atoms with Crippen molar-refractivity contribution in [2.75, 3.05) is 14.1 Å². The summed E-state index contributed by atoms with van der Waals surface area (Å²) in [6.45, 7) is 8.00. The second kappa shape index (κ2) is 15.5. The van der Waals surface area contributed by atoms with Crippen LogP contribution >= 0.6 is 11.3 Å². The Balaban J connectivity index is 0. The number of carbonyl (C=O) groups excluding carboxylic acids is 1. The fourth-order valence-electron chi connectivity index (χ4n) is 1.08. The van der Waals surface area contributed by atoms with Gasteiger partial charge < -0.3 is 5.32 Å². The smallest absolute Gasteiger partial charge is 0.178 e. The number of aldehydes is 1. The fraction of sp³-hybridized carbons (Fsp3) is 0.375. The molecule has 1 aromatic carbocycles. The van der Waals surface area contributed by atoms with Crippen LogP contribution in [0.2, 0.25) is 0 Å². The molecule has 0 unspecified atom stereocenters. The lowest BCUT2D eigenvalue weighted by Crippen LogP contribution is -1.89. The van der Waals surface area contributed by atoms with Crippen LogP contribution in [-0.4, -0.2) is 25.4 Å². The third-order valence-electron chi connectivity index (χ3n) is 1.68. The third-order valence-corrected chi connectivity index (χ3v) is 2.65. The summed E-state index contributed by atoms with van der Waals surface area (Å²) < 4.78 is 0. The molecule has 1 heterocycles. The standard InChI is InChI=1S/C10H7NOS.C2H7N.2C2H6/c12-7-10-11-6-9(13-10)8-4-2-1-3-5-8;1-3-2;2*1-2/h1-7H;3H,1-2H3;2*1-2H3.